The molecule has 0 radical (unpaired) electrons. The van der Waals surface area contributed by atoms with Gasteiger partial charge in [0.1, 0.15) is 10.6 Å². The highest BCUT2D eigenvalue weighted by atomic mass is 35.5. The molecule has 1 saturated heterocycles. The molecule has 1 aliphatic heterocycles. The van der Waals surface area contributed by atoms with E-state index in [1.165, 1.54) is 16.4 Å². The van der Waals surface area contributed by atoms with E-state index in [-0.39, 0.29) is 21.0 Å². The van der Waals surface area contributed by atoms with Crippen LogP contribution in [0.3, 0.4) is 0 Å². The number of halogens is 2. The topological polar surface area (TPSA) is 46.6 Å². The van der Waals surface area contributed by atoms with Crippen molar-refractivity contribution in [3.63, 3.8) is 0 Å². The molecule has 4 nitrogen and oxygen atoms in total. The van der Waals surface area contributed by atoms with Gasteiger partial charge in [-0.25, -0.2) is 8.42 Å². The van der Waals surface area contributed by atoms with Crippen LogP contribution in [0.4, 0.5) is 0 Å². The van der Waals surface area contributed by atoms with Crippen LogP contribution in [-0.2, 0) is 10.0 Å². The van der Waals surface area contributed by atoms with Gasteiger partial charge < -0.3 is 4.74 Å². The van der Waals surface area contributed by atoms with Gasteiger partial charge in [-0.05, 0) is 42.7 Å². The van der Waals surface area contributed by atoms with Gasteiger partial charge in [0.05, 0.1) is 23.2 Å². The van der Waals surface area contributed by atoms with Crippen LogP contribution in [0.15, 0.2) is 47.4 Å². The SMILES string of the molecule is COc1cccc([C@@H]2CCCN2S(=O)(=O)c2c(Cl)cccc2Cl)c1. The van der Waals surface area contributed by atoms with Crippen molar-refractivity contribution in [3.8, 4) is 5.75 Å². The number of hydrogen-bond donors (Lipinski definition) is 0. The van der Waals surface area contributed by atoms with Gasteiger partial charge in [-0.1, -0.05) is 41.4 Å². The monoisotopic (exact) mass is 385 g/mol. The fourth-order valence-corrected chi connectivity index (χ4v) is 5.83. The lowest BCUT2D eigenvalue weighted by molar-refractivity contribution is 0.390. The molecule has 0 aliphatic carbocycles. The Kier molecular flexibility index (Phi) is 5.06. The van der Waals surface area contributed by atoms with E-state index in [0.717, 1.165) is 18.4 Å². The second kappa shape index (κ2) is 6.92. The molecule has 1 fully saturated rings. The summed E-state index contributed by atoms with van der Waals surface area (Å²) < 4.78 is 33.0. The molecule has 1 atom stereocenters. The summed E-state index contributed by atoms with van der Waals surface area (Å²) in [7, 11) is -2.20. The molecular formula is C17H17Cl2NO3S. The standard InChI is InChI=1S/C17H17Cl2NO3S/c1-23-13-6-2-5-12(11-13)16-9-4-10-20(16)24(21,22)17-14(18)7-3-8-15(17)19/h2-3,5-8,11,16H,4,9-10H2,1H3/t16-/m0/s1. The van der Waals surface area contributed by atoms with Crippen LogP contribution in [0, 0.1) is 0 Å². The van der Waals surface area contributed by atoms with Gasteiger partial charge in [-0.15, -0.1) is 0 Å². The molecule has 2 aromatic rings. The summed E-state index contributed by atoms with van der Waals surface area (Å²) in [6.45, 7) is 0.436. The highest BCUT2D eigenvalue weighted by molar-refractivity contribution is 7.89. The fraction of sp³-hybridized carbons (Fsp3) is 0.294. The normalized spacial score (nSPS) is 18.7. The zero-order valence-electron chi connectivity index (χ0n) is 13.1. The third kappa shape index (κ3) is 3.14. The fourth-order valence-electron chi connectivity index (χ4n) is 3.06. The molecule has 128 valence electrons. The zero-order chi connectivity index (χ0) is 17.3. The Hall–Kier alpha value is -1.27. The van der Waals surface area contributed by atoms with Crippen molar-refractivity contribution in [1.82, 2.24) is 4.31 Å². The van der Waals surface area contributed by atoms with Crippen LogP contribution in [0.2, 0.25) is 10.0 Å². The first kappa shape index (κ1) is 17.5. The van der Waals surface area contributed by atoms with Gasteiger partial charge in [0.25, 0.3) is 0 Å². The molecule has 3 rings (SSSR count). The zero-order valence-corrected chi connectivity index (χ0v) is 15.4. The number of nitrogens with zero attached hydrogens (tertiary/aromatic N) is 1. The number of hydrogen-bond acceptors (Lipinski definition) is 3. The minimum Gasteiger partial charge on any atom is -0.497 e. The Morgan fingerprint density at radius 3 is 2.46 bits per heavy atom. The Bertz CT molecular complexity index is 834. The molecule has 2 aromatic carbocycles. The summed E-state index contributed by atoms with van der Waals surface area (Å²) in [5, 5.41) is 0.276. The predicted octanol–water partition coefficient (Wildman–Crippen LogP) is 4.53. The number of ether oxygens (including phenoxy) is 1. The van der Waals surface area contributed by atoms with Crippen molar-refractivity contribution in [2.75, 3.05) is 13.7 Å². The van der Waals surface area contributed by atoms with Crippen LogP contribution in [0.1, 0.15) is 24.4 Å². The van der Waals surface area contributed by atoms with E-state index in [2.05, 4.69) is 0 Å². The molecule has 0 bridgehead atoms. The van der Waals surface area contributed by atoms with Gasteiger partial charge in [0.2, 0.25) is 10.0 Å². The number of sulfonamides is 1. The highest BCUT2D eigenvalue weighted by Crippen LogP contribution is 2.40. The number of benzene rings is 2. The minimum atomic E-state index is -3.79. The van der Waals surface area contributed by atoms with Crippen LogP contribution in [0.25, 0.3) is 0 Å². The van der Waals surface area contributed by atoms with Gasteiger partial charge in [-0.3, -0.25) is 0 Å². The second-order valence-corrected chi connectivity index (χ2v) is 8.24. The van der Waals surface area contributed by atoms with Crippen molar-refractivity contribution in [2.45, 2.75) is 23.8 Å². The summed E-state index contributed by atoms with van der Waals surface area (Å²) in [4.78, 5) is -0.0249. The molecule has 0 unspecified atom stereocenters. The number of methoxy groups -OCH3 is 1. The van der Waals surface area contributed by atoms with E-state index < -0.39 is 10.0 Å². The van der Waals surface area contributed by atoms with Crippen LogP contribution >= 0.6 is 23.2 Å². The summed E-state index contributed by atoms with van der Waals surface area (Å²) in [6, 6.07) is 11.9. The van der Waals surface area contributed by atoms with Gasteiger partial charge in [0.15, 0.2) is 0 Å². The van der Waals surface area contributed by atoms with E-state index in [9.17, 15) is 8.42 Å². The largest absolute Gasteiger partial charge is 0.497 e. The molecule has 0 N–H and O–H groups in total. The van der Waals surface area contributed by atoms with Crippen LogP contribution in [-0.4, -0.2) is 26.4 Å². The lowest BCUT2D eigenvalue weighted by Crippen LogP contribution is -2.31. The second-order valence-electron chi connectivity index (χ2n) is 5.60. The average Bonchev–Trinajstić information content (AvgIpc) is 3.05. The molecule has 0 amide bonds. The van der Waals surface area contributed by atoms with Gasteiger partial charge >= 0.3 is 0 Å². The first-order valence-electron chi connectivity index (χ1n) is 7.55. The smallest absolute Gasteiger partial charge is 0.246 e. The summed E-state index contributed by atoms with van der Waals surface area (Å²) >= 11 is 12.2. The van der Waals surface area contributed by atoms with E-state index in [4.69, 9.17) is 27.9 Å². The summed E-state index contributed by atoms with van der Waals surface area (Å²) in [5.41, 5.74) is 0.901. The number of rotatable bonds is 4. The Labute approximate surface area is 152 Å². The van der Waals surface area contributed by atoms with E-state index >= 15 is 0 Å². The predicted molar refractivity (Wildman–Crippen MR) is 95.3 cm³/mol. The van der Waals surface area contributed by atoms with E-state index in [1.54, 1.807) is 13.2 Å². The molecule has 0 saturated carbocycles. The maximum absolute atomic E-state index is 13.1. The Balaban J connectivity index is 2.04. The first-order chi connectivity index (χ1) is 11.4. The lowest BCUT2D eigenvalue weighted by Gasteiger charge is -2.25. The lowest BCUT2D eigenvalue weighted by atomic mass is 10.1. The molecule has 7 heteroatoms. The van der Waals surface area contributed by atoms with E-state index in [0.29, 0.717) is 12.3 Å². The van der Waals surface area contributed by atoms with Gasteiger partial charge in [-0.2, -0.15) is 4.31 Å². The first-order valence-corrected chi connectivity index (χ1v) is 9.74. The quantitative estimate of drug-likeness (QED) is 0.776. The Morgan fingerprint density at radius 1 is 1.12 bits per heavy atom. The maximum Gasteiger partial charge on any atom is 0.246 e. The maximum atomic E-state index is 13.1. The molecule has 0 spiro atoms. The molecular weight excluding hydrogens is 369 g/mol. The molecule has 1 aliphatic rings. The molecule has 0 aromatic heterocycles. The molecule has 24 heavy (non-hydrogen) atoms. The summed E-state index contributed by atoms with van der Waals surface area (Å²) in [6.07, 6.45) is 1.53. The van der Waals surface area contributed by atoms with Gasteiger partial charge in [0, 0.05) is 6.54 Å². The molecule has 1 heterocycles. The van der Waals surface area contributed by atoms with Crippen molar-refractivity contribution in [1.29, 1.82) is 0 Å². The van der Waals surface area contributed by atoms with Crippen molar-refractivity contribution in [3.05, 3.63) is 58.1 Å². The van der Waals surface area contributed by atoms with E-state index in [1.807, 2.05) is 24.3 Å². The third-order valence-corrected chi connectivity index (χ3v) is 7.03. The van der Waals surface area contributed by atoms with Crippen molar-refractivity contribution in [2.24, 2.45) is 0 Å². The summed E-state index contributed by atoms with van der Waals surface area (Å²) in [5.74, 6) is 0.701. The third-order valence-electron chi connectivity index (χ3n) is 4.17. The van der Waals surface area contributed by atoms with Crippen LogP contribution in [0.5, 0.6) is 5.75 Å². The Morgan fingerprint density at radius 2 is 1.79 bits per heavy atom. The van der Waals surface area contributed by atoms with Crippen molar-refractivity contribution < 1.29 is 13.2 Å². The van der Waals surface area contributed by atoms with Crippen molar-refractivity contribution >= 4 is 33.2 Å². The highest BCUT2D eigenvalue weighted by Gasteiger charge is 2.38. The average molecular weight is 386 g/mol. The van der Waals surface area contributed by atoms with Crippen LogP contribution < -0.4 is 4.74 Å². The minimum absolute atomic E-state index is 0.0249.